The van der Waals surface area contributed by atoms with E-state index in [9.17, 15) is 5.11 Å². The number of nitrogens with zero attached hydrogens (tertiary/aromatic N) is 2. The largest absolute Gasteiger partial charge is 0.480 e. The number of rotatable bonds is 3. The monoisotopic (exact) mass is 352 g/mol. The zero-order valence-electron chi connectivity index (χ0n) is 8.60. The van der Waals surface area contributed by atoms with Gasteiger partial charge in [0, 0.05) is 10.7 Å². The van der Waals surface area contributed by atoms with Gasteiger partial charge in [0.15, 0.2) is 6.29 Å². The first-order valence-electron chi connectivity index (χ1n) is 4.36. The summed E-state index contributed by atoms with van der Waals surface area (Å²) in [6.45, 7) is 0. The number of ether oxygens (including phenoxy) is 2. The molecule has 7 heteroatoms. The van der Waals surface area contributed by atoms with Crippen molar-refractivity contribution in [1.29, 1.82) is 0 Å². The van der Waals surface area contributed by atoms with E-state index in [1.807, 2.05) is 0 Å². The fourth-order valence-corrected chi connectivity index (χ4v) is 3.57. The molecule has 0 spiro atoms. The maximum atomic E-state index is 9.67. The minimum absolute atomic E-state index is 0.514. The molecule has 1 atom stereocenters. The summed E-state index contributed by atoms with van der Waals surface area (Å²) in [6.07, 6.45) is 0.507. The lowest BCUT2D eigenvalue weighted by atomic mass is 10.3. The van der Waals surface area contributed by atoms with Crippen LogP contribution in [0.2, 0.25) is 0 Å². The van der Waals surface area contributed by atoms with Crippen LogP contribution in [0.3, 0.4) is 0 Å². The minimum Gasteiger partial charge on any atom is -0.480 e. The molecular weight excluding hydrogens is 343 g/mol. The number of aliphatic hydroxyl groups is 1. The quantitative estimate of drug-likeness (QED) is 0.676. The Morgan fingerprint density at radius 3 is 2.81 bits per heavy atom. The van der Waals surface area contributed by atoms with Gasteiger partial charge in [0.2, 0.25) is 5.88 Å². The third-order valence-corrected chi connectivity index (χ3v) is 4.68. The second kappa shape index (κ2) is 4.78. The van der Waals surface area contributed by atoms with Crippen molar-refractivity contribution in [1.82, 2.24) is 9.97 Å². The first-order valence-corrected chi connectivity index (χ1v) is 6.26. The number of aliphatic hydroxyl groups excluding tert-OH is 1. The van der Waals surface area contributed by atoms with Crippen LogP contribution >= 0.6 is 33.9 Å². The van der Waals surface area contributed by atoms with Crippen molar-refractivity contribution >= 4 is 44.1 Å². The van der Waals surface area contributed by atoms with Crippen molar-refractivity contribution in [2.75, 3.05) is 14.2 Å². The van der Waals surface area contributed by atoms with E-state index in [1.54, 1.807) is 7.11 Å². The van der Waals surface area contributed by atoms with Gasteiger partial charge in [-0.05, 0) is 22.6 Å². The van der Waals surface area contributed by atoms with Crippen LogP contribution in [0, 0.1) is 3.57 Å². The first-order chi connectivity index (χ1) is 7.69. The molecule has 0 radical (unpaired) electrons. The van der Waals surface area contributed by atoms with E-state index < -0.39 is 6.29 Å². The molecule has 0 amide bonds. The Bertz CT molecular complexity index is 517. The lowest BCUT2D eigenvalue weighted by molar-refractivity contribution is -0.0747. The number of halogens is 1. The molecule has 0 fully saturated rings. The van der Waals surface area contributed by atoms with E-state index in [4.69, 9.17) is 9.47 Å². The summed E-state index contributed by atoms with van der Waals surface area (Å²) in [7, 11) is 3.01. The molecule has 2 aromatic heterocycles. The number of fused-ring (bicyclic) bond motifs is 1. The van der Waals surface area contributed by atoms with E-state index in [1.165, 1.54) is 24.8 Å². The minimum atomic E-state index is -0.934. The summed E-state index contributed by atoms with van der Waals surface area (Å²) in [5.74, 6) is 0.514. The fourth-order valence-electron chi connectivity index (χ4n) is 1.31. The molecule has 86 valence electrons. The Morgan fingerprint density at radius 1 is 1.44 bits per heavy atom. The van der Waals surface area contributed by atoms with Crippen LogP contribution < -0.4 is 4.74 Å². The SMILES string of the molecule is COc1ncnc2sc(C(O)OC)c(I)c12. The molecule has 0 aliphatic heterocycles. The van der Waals surface area contributed by atoms with Crippen molar-refractivity contribution in [2.24, 2.45) is 0 Å². The Balaban J connectivity index is 2.68. The number of aromatic nitrogens is 2. The third-order valence-electron chi connectivity index (χ3n) is 2.06. The predicted molar refractivity (Wildman–Crippen MR) is 68.7 cm³/mol. The molecule has 16 heavy (non-hydrogen) atoms. The van der Waals surface area contributed by atoms with Gasteiger partial charge < -0.3 is 14.6 Å². The maximum Gasteiger partial charge on any atom is 0.226 e. The lowest BCUT2D eigenvalue weighted by Gasteiger charge is -2.05. The van der Waals surface area contributed by atoms with Gasteiger partial charge in [0.1, 0.15) is 11.2 Å². The van der Waals surface area contributed by atoms with Crippen molar-refractivity contribution in [2.45, 2.75) is 6.29 Å². The predicted octanol–water partition coefficient (Wildman–Crippen LogP) is 1.94. The zero-order chi connectivity index (χ0) is 11.7. The summed E-state index contributed by atoms with van der Waals surface area (Å²) >= 11 is 3.50. The standard InChI is InChI=1S/C9H9IN2O3S/c1-14-7-4-5(10)6(9(13)15-2)16-8(4)12-3-11-7/h3,9,13H,1-2H3. The molecule has 2 rings (SSSR count). The van der Waals surface area contributed by atoms with Gasteiger partial charge >= 0.3 is 0 Å². The highest BCUT2D eigenvalue weighted by Gasteiger charge is 2.20. The Labute approximate surface area is 110 Å². The highest BCUT2D eigenvalue weighted by Crippen LogP contribution is 2.38. The summed E-state index contributed by atoms with van der Waals surface area (Å²) in [5, 5.41) is 10.5. The van der Waals surface area contributed by atoms with Crippen LogP contribution in [0.5, 0.6) is 5.88 Å². The van der Waals surface area contributed by atoms with Crippen molar-refractivity contribution in [3.8, 4) is 5.88 Å². The van der Waals surface area contributed by atoms with Crippen LogP contribution in [-0.4, -0.2) is 29.3 Å². The van der Waals surface area contributed by atoms with E-state index in [2.05, 4.69) is 32.6 Å². The van der Waals surface area contributed by atoms with Crippen molar-refractivity contribution < 1.29 is 14.6 Å². The molecule has 0 aromatic carbocycles. The second-order valence-electron chi connectivity index (χ2n) is 2.93. The van der Waals surface area contributed by atoms with Crippen LogP contribution in [0.4, 0.5) is 0 Å². The summed E-state index contributed by atoms with van der Waals surface area (Å²) in [6, 6.07) is 0. The smallest absolute Gasteiger partial charge is 0.226 e. The molecule has 1 N–H and O–H groups in total. The van der Waals surface area contributed by atoms with Gasteiger partial charge in [-0.3, -0.25) is 0 Å². The van der Waals surface area contributed by atoms with Gasteiger partial charge in [-0.1, -0.05) is 0 Å². The Kier molecular flexibility index (Phi) is 3.57. The Hall–Kier alpha value is -0.510. The van der Waals surface area contributed by atoms with Crippen LogP contribution in [0.25, 0.3) is 10.2 Å². The van der Waals surface area contributed by atoms with Crippen LogP contribution in [-0.2, 0) is 4.74 Å². The molecule has 0 aliphatic rings. The van der Waals surface area contributed by atoms with E-state index in [-0.39, 0.29) is 0 Å². The summed E-state index contributed by atoms with van der Waals surface area (Å²) in [5.41, 5.74) is 0. The van der Waals surface area contributed by atoms with Gasteiger partial charge in [-0.15, -0.1) is 11.3 Å². The molecular formula is C9H9IN2O3S. The highest BCUT2D eigenvalue weighted by molar-refractivity contribution is 14.1. The fraction of sp³-hybridized carbons (Fsp3) is 0.333. The lowest BCUT2D eigenvalue weighted by Crippen LogP contribution is -1.98. The average molecular weight is 352 g/mol. The molecule has 2 heterocycles. The van der Waals surface area contributed by atoms with E-state index in [0.717, 1.165) is 18.7 Å². The highest BCUT2D eigenvalue weighted by atomic mass is 127. The average Bonchev–Trinajstić information content (AvgIpc) is 2.66. The van der Waals surface area contributed by atoms with Gasteiger partial charge in [0.25, 0.3) is 0 Å². The number of methoxy groups -OCH3 is 2. The normalized spacial score (nSPS) is 13.0. The maximum absolute atomic E-state index is 9.67. The first kappa shape index (κ1) is 12.0. The molecule has 2 aromatic rings. The van der Waals surface area contributed by atoms with Crippen molar-refractivity contribution in [3.63, 3.8) is 0 Å². The summed E-state index contributed by atoms with van der Waals surface area (Å²) in [4.78, 5) is 9.67. The third kappa shape index (κ3) is 1.88. The van der Waals surface area contributed by atoms with E-state index >= 15 is 0 Å². The van der Waals surface area contributed by atoms with Gasteiger partial charge in [0.05, 0.1) is 17.4 Å². The van der Waals surface area contributed by atoms with Gasteiger partial charge in [-0.25, -0.2) is 9.97 Å². The topological polar surface area (TPSA) is 64.5 Å². The zero-order valence-corrected chi connectivity index (χ0v) is 11.6. The second-order valence-corrected chi connectivity index (χ2v) is 5.04. The van der Waals surface area contributed by atoms with E-state index in [0.29, 0.717) is 5.88 Å². The number of hydrogen-bond acceptors (Lipinski definition) is 6. The van der Waals surface area contributed by atoms with Gasteiger partial charge in [-0.2, -0.15) is 0 Å². The molecule has 0 saturated carbocycles. The number of hydrogen-bond donors (Lipinski definition) is 1. The summed E-state index contributed by atoms with van der Waals surface area (Å²) < 4.78 is 10.9. The molecule has 1 unspecified atom stereocenters. The molecule has 0 bridgehead atoms. The van der Waals surface area contributed by atoms with Crippen LogP contribution in [0.15, 0.2) is 6.33 Å². The molecule has 0 saturated heterocycles. The van der Waals surface area contributed by atoms with Crippen molar-refractivity contribution in [3.05, 3.63) is 14.8 Å². The van der Waals surface area contributed by atoms with Crippen LogP contribution in [0.1, 0.15) is 11.2 Å². The Morgan fingerprint density at radius 2 is 2.19 bits per heavy atom. The molecule has 0 aliphatic carbocycles. The molecule has 5 nitrogen and oxygen atoms in total. The number of thiophene rings is 1.